The second-order valence-electron chi connectivity index (χ2n) is 6.50. The van der Waals surface area contributed by atoms with Crippen molar-refractivity contribution in [2.75, 3.05) is 6.61 Å². The van der Waals surface area contributed by atoms with Gasteiger partial charge in [-0.1, -0.05) is 54.6 Å². The monoisotopic (exact) mass is 309 g/mol. The van der Waals surface area contributed by atoms with Crippen molar-refractivity contribution in [1.29, 1.82) is 0 Å². The number of benzene rings is 4. The molecule has 0 atom stereocenters. The Balaban J connectivity index is 2.03. The molecule has 4 aromatic carbocycles. The van der Waals surface area contributed by atoms with Crippen LogP contribution in [0.25, 0.3) is 43.4 Å². The second-order valence-corrected chi connectivity index (χ2v) is 6.50. The highest BCUT2D eigenvalue weighted by Gasteiger charge is 2.22. The van der Waals surface area contributed by atoms with Crippen LogP contribution < -0.4 is 4.74 Å². The zero-order valence-corrected chi connectivity index (χ0v) is 13.1. The average molecular weight is 309 g/mol. The van der Waals surface area contributed by atoms with E-state index in [1.165, 1.54) is 43.4 Å². The Morgan fingerprint density at radius 2 is 1.50 bits per heavy atom. The highest BCUT2D eigenvalue weighted by Crippen LogP contribution is 2.44. The summed E-state index contributed by atoms with van der Waals surface area (Å²) >= 11 is 0. The Bertz CT molecular complexity index is 1280. The standard InChI is InChI=1S/C22H15NO/c1-3-7-16-14(5-1)9-10-18-20(16)21-17-8-4-2-6-15(17)13-19-22(21)23(18)11-12-24-19/h1-10,13H,11-12H2. The van der Waals surface area contributed by atoms with Gasteiger partial charge in [-0.3, -0.25) is 0 Å². The van der Waals surface area contributed by atoms with Crippen LogP contribution in [0.15, 0.2) is 66.7 Å². The summed E-state index contributed by atoms with van der Waals surface area (Å²) in [5.74, 6) is 1.01. The van der Waals surface area contributed by atoms with Crippen LogP contribution in [0.2, 0.25) is 0 Å². The fourth-order valence-electron chi connectivity index (χ4n) is 4.29. The first-order valence-corrected chi connectivity index (χ1v) is 8.40. The summed E-state index contributed by atoms with van der Waals surface area (Å²) in [6.45, 7) is 1.64. The van der Waals surface area contributed by atoms with Crippen molar-refractivity contribution < 1.29 is 4.74 Å². The van der Waals surface area contributed by atoms with Crippen molar-refractivity contribution >= 4 is 43.4 Å². The Morgan fingerprint density at radius 1 is 0.750 bits per heavy atom. The zero-order chi connectivity index (χ0) is 15.7. The van der Waals surface area contributed by atoms with Crippen LogP contribution in [0.4, 0.5) is 0 Å². The van der Waals surface area contributed by atoms with Gasteiger partial charge in [0.05, 0.1) is 12.1 Å². The largest absolute Gasteiger partial charge is 0.489 e. The number of aromatic nitrogens is 1. The third-order valence-electron chi connectivity index (χ3n) is 5.28. The molecule has 114 valence electrons. The summed E-state index contributed by atoms with van der Waals surface area (Å²) in [5, 5.41) is 7.85. The molecule has 0 N–H and O–H groups in total. The molecule has 0 unspecified atom stereocenters. The molecule has 0 saturated carbocycles. The van der Waals surface area contributed by atoms with E-state index in [-0.39, 0.29) is 0 Å². The van der Waals surface area contributed by atoms with Crippen molar-refractivity contribution in [2.45, 2.75) is 6.54 Å². The smallest absolute Gasteiger partial charge is 0.144 e. The SMILES string of the molecule is c1ccc2c(c1)ccc1c2c2c3ccccc3cc3c2n1CCO3. The van der Waals surface area contributed by atoms with Crippen LogP contribution in [0.5, 0.6) is 5.75 Å². The normalized spacial score (nSPS) is 13.8. The van der Waals surface area contributed by atoms with Crippen molar-refractivity contribution in [1.82, 2.24) is 4.57 Å². The summed E-state index contributed by atoms with van der Waals surface area (Å²) in [4.78, 5) is 0. The second kappa shape index (κ2) is 4.30. The van der Waals surface area contributed by atoms with Gasteiger partial charge in [0, 0.05) is 16.3 Å². The van der Waals surface area contributed by atoms with E-state index in [9.17, 15) is 0 Å². The van der Waals surface area contributed by atoms with Gasteiger partial charge in [0.15, 0.2) is 0 Å². The molecule has 1 aliphatic rings. The maximum absolute atomic E-state index is 6.02. The maximum atomic E-state index is 6.02. The highest BCUT2D eigenvalue weighted by molar-refractivity contribution is 6.29. The van der Waals surface area contributed by atoms with Crippen LogP contribution in [0, 0.1) is 0 Å². The zero-order valence-electron chi connectivity index (χ0n) is 13.1. The molecule has 1 aromatic heterocycles. The molecule has 1 aliphatic heterocycles. The number of rotatable bonds is 0. The molecule has 2 heterocycles. The van der Waals surface area contributed by atoms with Crippen molar-refractivity contribution in [2.24, 2.45) is 0 Å². The first kappa shape index (κ1) is 12.4. The quantitative estimate of drug-likeness (QED) is 0.369. The summed E-state index contributed by atoms with van der Waals surface area (Å²) in [5.41, 5.74) is 2.55. The van der Waals surface area contributed by atoms with E-state index >= 15 is 0 Å². The first-order chi connectivity index (χ1) is 11.9. The predicted octanol–water partition coefficient (Wildman–Crippen LogP) is 5.49. The lowest BCUT2D eigenvalue weighted by molar-refractivity contribution is 0.290. The Hall–Kier alpha value is -3.00. The predicted molar refractivity (Wildman–Crippen MR) is 100.0 cm³/mol. The fraction of sp³-hybridized carbons (Fsp3) is 0.0909. The molecule has 5 aromatic rings. The highest BCUT2D eigenvalue weighted by atomic mass is 16.5. The lowest BCUT2D eigenvalue weighted by atomic mass is 9.99. The Morgan fingerprint density at radius 3 is 2.38 bits per heavy atom. The fourth-order valence-corrected chi connectivity index (χ4v) is 4.29. The third-order valence-corrected chi connectivity index (χ3v) is 5.28. The first-order valence-electron chi connectivity index (χ1n) is 8.40. The van der Waals surface area contributed by atoms with Gasteiger partial charge >= 0.3 is 0 Å². The minimum atomic E-state index is 0.733. The van der Waals surface area contributed by atoms with Gasteiger partial charge in [-0.15, -0.1) is 0 Å². The van der Waals surface area contributed by atoms with Gasteiger partial charge in [0.1, 0.15) is 12.4 Å². The molecule has 0 amide bonds. The molecule has 2 heteroatoms. The lowest BCUT2D eigenvalue weighted by Gasteiger charge is -2.18. The average Bonchev–Trinajstić information content (AvgIpc) is 2.99. The van der Waals surface area contributed by atoms with Crippen molar-refractivity contribution in [3.05, 3.63) is 66.7 Å². The molecule has 6 rings (SSSR count). The number of nitrogens with zero attached hydrogens (tertiary/aromatic N) is 1. The van der Waals surface area contributed by atoms with Crippen molar-refractivity contribution in [3.8, 4) is 5.75 Å². The molecule has 0 radical (unpaired) electrons. The van der Waals surface area contributed by atoms with Gasteiger partial charge in [-0.2, -0.15) is 0 Å². The summed E-state index contributed by atoms with van der Waals surface area (Å²) in [6.07, 6.45) is 0. The number of fused-ring (bicyclic) bond motifs is 7. The topological polar surface area (TPSA) is 14.2 Å². The van der Waals surface area contributed by atoms with Gasteiger partial charge in [0.2, 0.25) is 0 Å². The van der Waals surface area contributed by atoms with Crippen LogP contribution in [-0.4, -0.2) is 11.2 Å². The molecule has 24 heavy (non-hydrogen) atoms. The van der Waals surface area contributed by atoms with Gasteiger partial charge in [-0.25, -0.2) is 0 Å². The Labute approximate surface area is 138 Å². The summed E-state index contributed by atoms with van der Waals surface area (Å²) in [6, 6.07) is 24.0. The summed E-state index contributed by atoms with van der Waals surface area (Å²) < 4.78 is 8.46. The molecule has 0 spiro atoms. The van der Waals surface area contributed by atoms with Crippen LogP contribution in [-0.2, 0) is 6.54 Å². The van der Waals surface area contributed by atoms with Gasteiger partial charge < -0.3 is 9.30 Å². The van der Waals surface area contributed by atoms with E-state index in [1.807, 2.05) is 0 Å². The number of hydrogen-bond acceptors (Lipinski definition) is 1. The van der Waals surface area contributed by atoms with Crippen LogP contribution >= 0.6 is 0 Å². The molecular formula is C22H15NO. The van der Waals surface area contributed by atoms with Gasteiger partial charge in [0.25, 0.3) is 0 Å². The van der Waals surface area contributed by atoms with Crippen LogP contribution in [0.3, 0.4) is 0 Å². The van der Waals surface area contributed by atoms with E-state index < -0.39 is 0 Å². The van der Waals surface area contributed by atoms with E-state index in [2.05, 4.69) is 71.3 Å². The lowest BCUT2D eigenvalue weighted by Crippen LogP contribution is -2.13. The van der Waals surface area contributed by atoms with Crippen molar-refractivity contribution in [3.63, 3.8) is 0 Å². The molecule has 0 fully saturated rings. The maximum Gasteiger partial charge on any atom is 0.144 e. The molecule has 0 aliphatic carbocycles. The summed E-state index contributed by atoms with van der Waals surface area (Å²) in [7, 11) is 0. The number of ether oxygens (including phenoxy) is 1. The third kappa shape index (κ3) is 1.41. The molecule has 0 saturated heterocycles. The molecule has 2 nitrogen and oxygen atoms in total. The van der Waals surface area contributed by atoms with Crippen LogP contribution in [0.1, 0.15) is 0 Å². The minimum absolute atomic E-state index is 0.733. The Kier molecular flexibility index (Phi) is 2.22. The van der Waals surface area contributed by atoms with Gasteiger partial charge in [-0.05, 0) is 33.7 Å². The molecule has 0 bridgehead atoms. The minimum Gasteiger partial charge on any atom is -0.489 e. The van der Waals surface area contributed by atoms with E-state index in [4.69, 9.17) is 4.74 Å². The molecular weight excluding hydrogens is 294 g/mol. The van der Waals surface area contributed by atoms with E-state index in [0.717, 1.165) is 18.9 Å². The van der Waals surface area contributed by atoms with E-state index in [1.54, 1.807) is 0 Å². The van der Waals surface area contributed by atoms with E-state index in [0.29, 0.717) is 0 Å². The number of hydrogen-bond donors (Lipinski definition) is 0.